The Hall–Kier alpha value is -2.21. The van der Waals surface area contributed by atoms with Crippen LogP contribution in [0.1, 0.15) is 52.5 Å². The molecule has 0 radical (unpaired) electrons. The van der Waals surface area contributed by atoms with Crippen LogP contribution in [0.25, 0.3) is 11.3 Å². The summed E-state index contributed by atoms with van der Waals surface area (Å²) in [4.78, 5) is 30.8. The molecular weight excluding hydrogens is 358 g/mol. The lowest BCUT2D eigenvalue weighted by Crippen LogP contribution is -2.31. The Morgan fingerprint density at radius 1 is 1.30 bits per heavy atom. The molecule has 0 bridgehead atoms. The Bertz CT molecular complexity index is 851. The third-order valence-corrected chi connectivity index (χ3v) is 5.24. The van der Waals surface area contributed by atoms with Crippen molar-refractivity contribution in [1.29, 1.82) is 0 Å². The maximum Gasteiger partial charge on any atom is 0.227 e. The number of aromatic nitrogens is 1. The molecule has 0 aliphatic carbocycles. The molecule has 0 saturated heterocycles. The molecule has 6 heteroatoms. The van der Waals surface area contributed by atoms with Crippen molar-refractivity contribution in [2.45, 2.75) is 53.4 Å². The van der Waals surface area contributed by atoms with Gasteiger partial charge in [-0.3, -0.25) is 9.59 Å². The van der Waals surface area contributed by atoms with E-state index < -0.39 is 0 Å². The summed E-state index contributed by atoms with van der Waals surface area (Å²) in [6.07, 6.45) is 2.73. The van der Waals surface area contributed by atoms with Gasteiger partial charge in [-0.2, -0.15) is 0 Å². The molecule has 1 aliphatic heterocycles. The molecule has 0 atom stereocenters. The second-order valence-electron chi connectivity index (χ2n) is 8.21. The van der Waals surface area contributed by atoms with Gasteiger partial charge in [0, 0.05) is 36.0 Å². The van der Waals surface area contributed by atoms with E-state index in [1.165, 1.54) is 16.9 Å². The molecule has 3 rings (SSSR count). The number of carbonyl (C=O) groups excluding carboxylic acids is 2. The number of rotatable bonds is 5. The van der Waals surface area contributed by atoms with Gasteiger partial charge in [0.15, 0.2) is 5.13 Å². The molecule has 1 aromatic heterocycles. The average molecular weight is 386 g/mol. The number of benzene rings is 1. The van der Waals surface area contributed by atoms with Gasteiger partial charge in [-0.15, -0.1) is 11.3 Å². The van der Waals surface area contributed by atoms with Crippen molar-refractivity contribution in [3.05, 3.63) is 29.1 Å². The number of hydrogen-bond donors (Lipinski definition) is 1. The SMILES string of the molecule is CCCC(=O)Nc1nc(-c2ccc3c(c2)CCN3C(=O)CC(C)(C)C)cs1. The number of fused-ring (bicyclic) bond motifs is 1. The first-order valence-electron chi connectivity index (χ1n) is 9.46. The summed E-state index contributed by atoms with van der Waals surface area (Å²) in [5.74, 6) is 0.184. The number of nitrogens with one attached hydrogen (secondary N) is 1. The molecule has 0 fully saturated rings. The topological polar surface area (TPSA) is 62.3 Å². The molecule has 0 saturated carbocycles. The summed E-state index contributed by atoms with van der Waals surface area (Å²) in [5.41, 5.74) is 4.05. The monoisotopic (exact) mass is 385 g/mol. The van der Waals surface area contributed by atoms with Crippen molar-refractivity contribution in [3.8, 4) is 11.3 Å². The molecule has 2 amide bonds. The first kappa shape index (κ1) is 19.5. The minimum atomic E-state index is -0.0149. The van der Waals surface area contributed by atoms with Gasteiger partial charge >= 0.3 is 0 Å². The van der Waals surface area contributed by atoms with Crippen molar-refractivity contribution in [2.75, 3.05) is 16.8 Å². The van der Waals surface area contributed by atoms with E-state index in [1.54, 1.807) is 0 Å². The predicted octanol–water partition coefficient (Wildman–Crippen LogP) is 4.87. The van der Waals surface area contributed by atoms with Crippen LogP contribution in [-0.4, -0.2) is 23.3 Å². The number of carbonyl (C=O) groups is 2. The van der Waals surface area contributed by atoms with Gasteiger partial charge in [0.25, 0.3) is 0 Å². The summed E-state index contributed by atoms with van der Waals surface area (Å²) in [7, 11) is 0. The van der Waals surface area contributed by atoms with Crippen LogP contribution in [0.3, 0.4) is 0 Å². The van der Waals surface area contributed by atoms with Gasteiger partial charge in [-0.1, -0.05) is 33.8 Å². The van der Waals surface area contributed by atoms with Crippen LogP contribution in [0.15, 0.2) is 23.6 Å². The minimum Gasteiger partial charge on any atom is -0.312 e. The van der Waals surface area contributed by atoms with Gasteiger partial charge in [0.05, 0.1) is 5.69 Å². The van der Waals surface area contributed by atoms with Crippen LogP contribution < -0.4 is 10.2 Å². The van der Waals surface area contributed by atoms with Crippen LogP contribution >= 0.6 is 11.3 Å². The Labute approximate surface area is 164 Å². The molecule has 1 aliphatic rings. The van der Waals surface area contributed by atoms with E-state index in [-0.39, 0.29) is 17.2 Å². The first-order valence-corrected chi connectivity index (χ1v) is 10.3. The van der Waals surface area contributed by atoms with Crippen LogP contribution in [0.4, 0.5) is 10.8 Å². The van der Waals surface area contributed by atoms with E-state index >= 15 is 0 Å². The lowest BCUT2D eigenvalue weighted by molar-refractivity contribution is -0.120. The summed E-state index contributed by atoms with van der Waals surface area (Å²) in [6.45, 7) is 8.98. The highest BCUT2D eigenvalue weighted by Gasteiger charge is 2.28. The van der Waals surface area contributed by atoms with E-state index in [2.05, 4.69) is 37.1 Å². The number of thiazole rings is 1. The van der Waals surface area contributed by atoms with E-state index in [0.717, 1.165) is 36.3 Å². The Morgan fingerprint density at radius 3 is 2.78 bits per heavy atom. The summed E-state index contributed by atoms with van der Waals surface area (Å²) >= 11 is 1.44. The zero-order valence-corrected chi connectivity index (χ0v) is 17.3. The van der Waals surface area contributed by atoms with Crippen LogP contribution in [0.5, 0.6) is 0 Å². The van der Waals surface area contributed by atoms with Gasteiger partial charge in [-0.25, -0.2) is 4.98 Å². The normalized spacial score (nSPS) is 13.6. The summed E-state index contributed by atoms with van der Waals surface area (Å²) < 4.78 is 0. The Balaban J connectivity index is 1.75. The molecule has 1 N–H and O–H groups in total. The fraction of sp³-hybridized carbons (Fsp3) is 0.476. The second-order valence-corrected chi connectivity index (χ2v) is 9.07. The lowest BCUT2D eigenvalue weighted by Gasteiger charge is -2.23. The molecule has 1 aromatic carbocycles. The number of anilines is 2. The van der Waals surface area contributed by atoms with Crippen molar-refractivity contribution in [1.82, 2.24) is 4.98 Å². The van der Waals surface area contributed by atoms with Gasteiger partial charge in [0.1, 0.15) is 0 Å². The fourth-order valence-corrected chi connectivity index (χ4v) is 3.98. The van der Waals surface area contributed by atoms with E-state index in [4.69, 9.17) is 0 Å². The van der Waals surface area contributed by atoms with Crippen LogP contribution in [0, 0.1) is 5.41 Å². The highest BCUT2D eigenvalue weighted by molar-refractivity contribution is 7.14. The predicted molar refractivity (Wildman–Crippen MR) is 111 cm³/mol. The molecule has 5 nitrogen and oxygen atoms in total. The first-order chi connectivity index (χ1) is 12.8. The van der Waals surface area contributed by atoms with E-state index in [1.807, 2.05) is 29.3 Å². The molecule has 144 valence electrons. The highest BCUT2D eigenvalue weighted by Crippen LogP contribution is 2.34. The third-order valence-electron chi connectivity index (χ3n) is 4.48. The van der Waals surface area contributed by atoms with Crippen molar-refractivity contribution in [2.24, 2.45) is 5.41 Å². The zero-order valence-electron chi connectivity index (χ0n) is 16.5. The van der Waals surface area contributed by atoms with Crippen molar-refractivity contribution in [3.63, 3.8) is 0 Å². The van der Waals surface area contributed by atoms with Crippen molar-refractivity contribution < 1.29 is 9.59 Å². The van der Waals surface area contributed by atoms with E-state index in [0.29, 0.717) is 18.0 Å². The summed E-state index contributed by atoms with van der Waals surface area (Å²) in [5, 5.41) is 5.43. The largest absolute Gasteiger partial charge is 0.312 e. The Kier molecular flexibility index (Phi) is 5.65. The molecule has 2 heterocycles. The molecular formula is C21H27N3O2S. The number of nitrogens with zero attached hydrogens (tertiary/aromatic N) is 2. The third kappa shape index (κ3) is 4.75. The maximum atomic E-state index is 12.6. The molecule has 2 aromatic rings. The van der Waals surface area contributed by atoms with Gasteiger partial charge in [0.2, 0.25) is 11.8 Å². The number of hydrogen-bond acceptors (Lipinski definition) is 4. The molecule has 0 unspecified atom stereocenters. The van der Waals surface area contributed by atoms with Crippen LogP contribution in [-0.2, 0) is 16.0 Å². The Morgan fingerprint density at radius 2 is 2.07 bits per heavy atom. The lowest BCUT2D eigenvalue weighted by atomic mass is 9.91. The maximum absolute atomic E-state index is 12.6. The molecule has 27 heavy (non-hydrogen) atoms. The van der Waals surface area contributed by atoms with Crippen molar-refractivity contribution >= 4 is 34.0 Å². The fourth-order valence-electron chi connectivity index (χ4n) is 3.24. The standard InChI is InChI=1S/C21H27N3O2S/c1-5-6-18(25)23-20-22-16(13-27-20)14-7-8-17-15(11-14)9-10-24(17)19(26)12-21(2,3)4/h7-8,11,13H,5-6,9-10,12H2,1-4H3,(H,22,23,25). The summed E-state index contributed by atoms with van der Waals surface area (Å²) in [6, 6.07) is 6.15. The second kappa shape index (κ2) is 7.80. The smallest absolute Gasteiger partial charge is 0.227 e. The zero-order chi connectivity index (χ0) is 19.6. The average Bonchev–Trinajstić information content (AvgIpc) is 3.19. The van der Waals surface area contributed by atoms with Gasteiger partial charge < -0.3 is 10.2 Å². The quantitative estimate of drug-likeness (QED) is 0.798. The highest BCUT2D eigenvalue weighted by atomic mass is 32.1. The van der Waals surface area contributed by atoms with Crippen LogP contribution in [0.2, 0.25) is 0 Å². The molecule has 0 spiro atoms. The van der Waals surface area contributed by atoms with E-state index in [9.17, 15) is 9.59 Å². The minimum absolute atomic E-state index is 0.000330. The van der Waals surface area contributed by atoms with Gasteiger partial charge in [-0.05, 0) is 36.0 Å². The number of amides is 2.